The predicted octanol–water partition coefficient (Wildman–Crippen LogP) is 1.68. The first-order chi connectivity index (χ1) is 9.91. The van der Waals surface area contributed by atoms with Crippen LogP contribution in [-0.4, -0.2) is 37.9 Å². The summed E-state index contributed by atoms with van der Waals surface area (Å²) in [5.74, 6) is -1.28. The van der Waals surface area contributed by atoms with Crippen molar-refractivity contribution in [2.45, 2.75) is 12.2 Å². The molecule has 1 heterocycles. The zero-order chi connectivity index (χ0) is 15.5. The Kier molecular flexibility index (Phi) is 5.15. The lowest BCUT2D eigenvalue weighted by molar-refractivity contribution is -0.140. The molecule has 1 fully saturated rings. The molecule has 118 valence electrons. The van der Waals surface area contributed by atoms with E-state index in [9.17, 15) is 17.6 Å². The third kappa shape index (κ3) is 4.13. The number of ether oxygens (including phenoxy) is 1. The molecule has 0 spiro atoms. The number of nitrogens with zero attached hydrogens (tertiary/aromatic N) is 1. The van der Waals surface area contributed by atoms with E-state index < -0.39 is 23.6 Å². The number of rotatable bonds is 4. The second-order valence-corrected chi connectivity index (χ2v) is 4.75. The second kappa shape index (κ2) is 6.69. The molecule has 1 atom stereocenters. The topological polar surface area (TPSA) is 50.5 Å². The standard InChI is InChI=1S/C13H17F4N3O/c14-11-2-1-9(7-10(11)13(15,16)17)12(8-18)19-20-3-5-21-6-4-20/h1-2,7,12,19H,3-6,8,18H2. The summed E-state index contributed by atoms with van der Waals surface area (Å²) < 4.78 is 56.7. The van der Waals surface area contributed by atoms with Crippen LogP contribution >= 0.6 is 0 Å². The number of hydrazine groups is 1. The molecular formula is C13H17F4N3O. The van der Waals surface area contributed by atoms with E-state index in [1.54, 1.807) is 0 Å². The predicted molar refractivity (Wildman–Crippen MR) is 68.7 cm³/mol. The maximum atomic E-state index is 13.3. The number of morpholine rings is 1. The van der Waals surface area contributed by atoms with E-state index in [-0.39, 0.29) is 6.54 Å². The number of nitrogens with one attached hydrogen (secondary N) is 1. The van der Waals surface area contributed by atoms with Crippen LogP contribution in [0.4, 0.5) is 17.6 Å². The van der Waals surface area contributed by atoms with Crippen molar-refractivity contribution in [1.82, 2.24) is 10.4 Å². The molecule has 0 saturated carbocycles. The Bertz CT molecular complexity index is 475. The van der Waals surface area contributed by atoms with E-state index in [2.05, 4.69) is 5.43 Å². The molecule has 0 aliphatic carbocycles. The lowest BCUT2D eigenvalue weighted by Crippen LogP contribution is -2.48. The highest BCUT2D eigenvalue weighted by atomic mass is 19.4. The summed E-state index contributed by atoms with van der Waals surface area (Å²) >= 11 is 0. The smallest absolute Gasteiger partial charge is 0.379 e. The summed E-state index contributed by atoms with van der Waals surface area (Å²) in [6.07, 6.45) is -4.72. The lowest BCUT2D eigenvalue weighted by atomic mass is 10.0. The van der Waals surface area contributed by atoms with Crippen LogP contribution in [0.5, 0.6) is 0 Å². The normalized spacial score (nSPS) is 18.7. The van der Waals surface area contributed by atoms with Gasteiger partial charge < -0.3 is 10.5 Å². The average molecular weight is 307 g/mol. The zero-order valence-electron chi connectivity index (χ0n) is 11.3. The van der Waals surface area contributed by atoms with E-state index in [0.717, 1.165) is 12.1 Å². The fourth-order valence-corrected chi connectivity index (χ4v) is 2.15. The molecule has 1 aliphatic rings. The molecule has 3 N–H and O–H groups in total. The summed E-state index contributed by atoms with van der Waals surface area (Å²) in [5.41, 5.74) is 7.71. The quantitative estimate of drug-likeness (QED) is 0.831. The highest BCUT2D eigenvalue weighted by molar-refractivity contribution is 5.29. The van der Waals surface area contributed by atoms with Crippen molar-refractivity contribution in [3.63, 3.8) is 0 Å². The van der Waals surface area contributed by atoms with Gasteiger partial charge in [0.2, 0.25) is 0 Å². The Balaban J connectivity index is 2.17. The van der Waals surface area contributed by atoms with Crippen LogP contribution in [0.3, 0.4) is 0 Å². The van der Waals surface area contributed by atoms with Crippen molar-refractivity contribution in [1.29, 1.82) is 0 Å². The van der Waals surface area contributed by atoms with Crippen molar-refractivity contribution in [2.24, 2.45) is 5.73 Å². The molecule has 2 rings (SSSR count). The minimum Gasteiger partial charge on any atom is -0.379 e. The number of halogens is 4. The van der Waals surface area contributed by atoms with Crippen molar-refractivity contribution in [2.75, 3.05) is 32.8 Å². The van der Waals surface area contributed by atoms with Gasteiger partial charge in [-0.05, 0) is 17.7 Å². The van der Waals surface area contributed by atoms with Gasteiger partial charge in [0.25, 0.3) is 0 Å². The van der Waals surface area contributed by atoms with E-state index >= 15 is 0 Å². The van der Waals surface area contributed by atoms with Gasteiger partial charge in [-0.1, -0.05) is 6.07 Å². The Labute approximate surface area is 119 Å². The van der Waals surface area contributed by atoms with Gasteiger partial charge in [0, 0.05) is 19.6 Å². The van der Waals surface area contributed by atoms with Gasteiger partial charge in [-0.25, -0.2) is 14.8 Å². The monoisotopic (exact) mass is 307 g/mol. The molecule has 1 saturated heterocycles. The number of hydrogen-bond acceptors (Lipinski definition) is 4. The van der Waals surface area contributed by atoms with Crippen LogP contribution in [0.1, 0.15) is 17.2 Å². The van der Waals surface area contributed by atoms with Gasteiger partial charge >= 0.3 is 6.18 Å². The van der Waals surface area contributed by atoms with Gasteiger partial charge in [-0.3, -0.25) is 0 Å². The third-order valence-corrected chi connectivity index (χ3v) is 3.28. The molecule has 1 aliphatic heterocycles. The number of alkyl halides is 3. The summed E-state index contributed by atoms with van der Waals surface area (Å²) in [7, 11) is 0. The fraction of sp³-hybridized carbons (Fsp3) is 0.538. The molecule has 1 aromatic carbocycles. The number of nitrogens with two attached hydrogens (primary N) is 1. The van der Waals surface area contributed by atoms with Gasteiger partial charge in [0.05, 0.1) is 24.8 Å². The SMILES string of the molecule is NCC(NN1CCOCC1)c1ccc(F)c(C(F)(F)F)c1. The highest BCUT2D eigenvalue weighted by Crippen LogP contribution is 2.33. The van der Waals surface area contributed by atoms with Gasteiger partial charge in [-0.2, -0.15) is 13.2 Å². The van der Waals surface area contributed by atoms with E-state index in [0.29, 0.717) is 31.9 Å². The minimum absolute atomic E-state index is 0.0975. The summed E-state index contributed by atoms with van der Waals surface area (Å²) in [5, 5.41) is 1.84. The molecule has 0 amide bonds. The molecule has 8 heteroatoms. The van der Waals surface area contributed by atoms with Crippen LogP contribution in [0.25, 0.3) is 0 Å². The van der Waals surface area contributed by atoms with Crippen LogP contribution in [0.15, 0.2) is 18.2 Å². The second-order valence-electron chi connectivity index (χ2n) is 4.75. The van der Waals surface area contributed by atoms with Crippen LogP contribution in [0, 0.1) is 5.82 Å². The van der Waals surface area contributed by atoms with Crippen molar-refractivity contribution in [3.05, 3.63) is 35.1 Å². The zero-order valence-corrected chi connectivity index (χ0v) is 11.3. The molecule has 1 unspecified atom stereocenters. The van der Waals surface area contributed by atoms with Gasteiger partial charge in [0.1, 0.15) is 5.82 Å². The maximum absolute atomic E-state index is 13.3. The molecular weight excluding hydrogens is 290 g/mol. The Morgan fingerprint density at radius 2 is 1.95 bits per heavy atom. The van der Waals surface area contributed by atoms with E-state index in [1.807, 2.05) is 5.01 Å². The van der Waals surface area contributed by atoms with Crippen LogP contribution in [-0.2, 0) is 10.9 Å². The number of benzene rings is 1. The largest absolute Gasteiger partial charge is 0.419 e. The van der Waals surface area contributed by atoms with Crippen molar-refractivity contribution >= 4 is 0 Å². The Morgan fingerprint density at radius 3 is 2.52 bits per heavy atom. The van der Waals surface area contributed by atoms with Crippen molar-refractivity contribution in [3.8, 4) is 0 Å². The first kappa shape index (κ1) is 16.2. The van der Waals surface area contributed by atoms with Gasteiger partial charge in [-0.15, -0.1) is 0 Å². The fourth-order valence-electron chi connectivity index (χ4n) is 2.15. The summed E-state index contributed by atoms with van der Waals surface area (Å²) in [6.45, 7) is 2.41. The Morgan fingerprint density at radius 1 is 1.29 bits per heavy atom. The molecule has 1 aromatic rings. The lowest BCUT2D eigenvalue weighted by Gasteiger charge is -2.31. The van der Waals surface area contributed by atoms with E-state index in [1.165, 1.54) is 6.07 Å². The third-order valence-electron chi connectivity index (χ3n) is 3.28. The average Bonchev–Trinajstić information content (AvgIpc) is 2.45. The summed E-state index contributed by atoms with van der Waals surface area (Å²) in [6, 6.07) is 2.43. The molecule has 0 radical (unpaired) electrons. The van der Waals surface area contributed by atoms with Crippen molar-refractivity contribution < 1.29 is 22.3 Å². The minimum atomic E-state index is -4.72. The van der Waals surface area contributed by atoms with Gasteiger partial charge in [0.15, 0.2) is 0 Å². The van der Waals surface area contributed by atoms with Crippen LogP contribution < -0.4 is 11.2 Å². The van der Waals surface area contributed by atoms with Crippen LogP contribution in [0.2, 0.25) is 0 Å². The molecule has 0 bridgehead atoms. The Hall–Kier alpha value is -1.22. The summed E-state index contributed by atoms with van der Waals surface area (Å²) in [4.78, 5) is 0. The highest BCUT2D eigenvalue weighted by Gasteiger charge is 2.34. The molecule has 0 aromatic heterocycles. The maximum Gasteiger partial charge on any atom is 0.419 e. The first-order valence-electron chi connectivity index (χ1n) is 6.57. The van der Waals surface area contributed by atoms with E-state index in [4.69, 9.17) is 10.5 Å². The first-order valence-corrected chi connectivity index (χ1v) is 6.57. The molecule has 21 heavy (non-hydrogen) atoms. The number of hydrogen-bond donors (Lipinski definition) is 2. The molecule has 4 nitrogen and oxygen atoms in total.